The summed E-state index contributed by atoms with van der Waals surface area (Å²) < 4.78 is 6.56. The van der Waals surface area contributed by atoms with E-state index in [1.54, 1.807) is 10.6 Å². The maximum Gasteiger partial charge on any atom is 0.339 e. The number of carbonyl (C=O) groups is 1. The zero-order valence-corrected chi connectivity index (χ0v) is 11.5. The Kier molecular flexibility index (Phi) is 4.11. The van der Waals surface area contributed by atoms with E-state index in [0.717, 1.165) is 30.7 Å². The number of nitrogens with zero attached hydrogens (tertiary/aromatic N) is 1. The highest BCUT2D eigenvalue weighted by atomic mass is 32.2. The molecule has 5 heteroatoms. The Balaban J connectivity index is 2.61. The van der Waals surface area contributed by atoms with Crippen molar-refractivity contribution in [3.63, 3.8) is 0 Å². The number of thioether (sulfide) groups is 1. The van der Waals surface area contributed by atoms with Crippen molar-refractivity contribution in [2.24, 2.45) is 0 Å². The van der Waals surface area contributed by atoms with Crippen molar-refractivity contribution < 1.29 is 9.53 Å². The van der Waals surface area contributed by atoms with Gasteiger partial charge in [0, 0.05) is 12.2 Å². The van der Waals surface area contributed by atoms with Crippen LogP contribution in [0, 0.1) is 0 Å². The van der Waals surface area contributed by atoms with Gasteiger partial charge in [0.2, 0.25) is 0 Å². The average Bonchev–Trinajstić information content (AvgIpc) is 2.41. The molecule has 0 saturated carbocycles. The molecule has 0 spiro atoms. The molecular weight excluding hydrogens is 250 g/mol. The second-order valence-corrected chi connectivity index (χ2v) is 5.51. The first-order valence-electron chi connectivity index (χ1n) is 6.16. The number of ether oxygens (including phenoxy) is 1. The van der Waals surface area contributed by atoms with Crippen LogP contribution in [-0.4, -0.2) is 23.4 Å². The van der Waals surface area contributed by atoms with Crippen molar-refractivity contribution >= 4 is 17.7 Å². The largest absolute Gasteiger partial charge is 0.465 e. The average molecular weight is 267 g/mol. The summed E-state index contributed by atoms with van der Waals surface area (Å²) in [6.07, 6.45) is 2.79. The van der Waals surface area contributed by atoms with Crippen LogP contribution in [0.5, 0.6) is 0 Å². The fraction of sp³-hybridized carbons (Fsp3) is 0.538. The predicted molar refractivity (Wildman–Crippen MR) is 71.4 cm³/mol. The second kappa shape index (κ2) is 5.61. The van der Waals surface area contributed by atoms with Gasteiger partial charge in [0.15, 0.2) is 0 Å². The molecule has 0 aliphatic carbocycles. The van der Waals surface area contributed by atoms with Crippen molar-refractivity contribution in [2.45, 2.75) is 37.6 Å². The molecule has 1 aromatic heterocycles. The molecule has 0 aromatic carbocycles. The Morgan fingerprint density at radius 3 is 2.94 bits per heavy atom. The molecule has 18 heavy (non-hydrogen) atoms. The summed E-state index contributed by atoms with van der Waals surface area (Å²) in [5, 5.41) is 0. The van der Waals surface area contributed by atoms with Gasteiger partial charge < -0.3 is 9.30 Å². The topological polar surface area (TPSA) is 48.3 Å². The van der Waals surface area contributed by atoms with E-state index < -0.39 is 0 Å². The van der Waals surface area contributed by atoms with E-state index in [2.05, 4.69) is 0 Å². The Morgan fingerprint density at radius 1 is 1.50 bits per heavy atom. The fourth-order valence-electron chi connectivity index (χ4n) is 2.29. The minimum atomic E-state index is -0.349. The number of hydrogen-bond acceptors (Lipinski definition) is 4. The molecule has 0 fully saturated rings. The van der Waals surface area contributed by atoms with Crippen molar-refractivity contribution in [3.05, 3.63) is 27.7 Å². The van der Waals surface area contributed by atoms with Crippen LogP contribution in [0.25, 0.3) is 0 Å². The molecule has 2 rings (SSSR count). The number of esters is 1. The van der Waals surface area contributed by atoms with Crippen LogP contribution in [0.2, 0.25) is 0 Å². The van der Waals surface area contributed by atoms with Crippen molar-refractivity contribution in [2.75, 3.05) is 12.9 Å². The van der Waals surface area contributed by atoms with Crippen LogP contribution < -0.4 is 5.56 Å². The lowest BCUT2D eigenvalue weighted by atomic mass is 10.0. The third-order valence-corrected chi connectivity index (χ3v) is 4.01. The third-order valence-electron chi connectivity index (χ3n) is 3.12. The molecule has 98 valence electrons. The number of methoxy groups -OCH3 is 1. The van der Waals surface area contributed by atoms with Gasteiger partial charge in [-0.1, -0.05) is 6.92 Å². The third kappa shape index (κ3) is 2.32. The summed E-state index contributed by atoms with van der Waals surface area (Å²) >= 11 is 1.48. The molecule has 0 saturated heterocycles. The summed E-state index contributed by atoms with van der Waals surface area (Å²) in [6, 6.07) is 1.69. The molecule has 1 aliphatic heterocycles. The van der Waals surface area contributed by atoms with Gasteiger partial charge in [-0.25, -0.2) is 4.79 Å². The lowest BCUT2D eigenvalue weighted by molar-refractivity contribution is 0.0597. The molecule has 1 aliphatic rings. The van der Waals surface area contributed by atoms with E-state index in [0.29, 0.717) is 17.0 Å². The van der Waals surface area contributed by atoms with Crippen LogP contribution in [0.1, 0.15) is 35.8 Å². The summed E-state index contributed by atoms with van der Waals surface area (Å²) in [4.78, 5) is 24.7. The van der Waals surface area contributed by atoms with Crippen LogP contribution in [0.3, 0.4) is 0 Å². The van der Waals surface area contributed by atoms with E-state index in [9.17, 15) is 9.59 Å². The van der Waals surface area contributed by atoms with Crippen molar-refractivity contribution in [1.82, 2.24) is 4.57 Å². The summed E-state index contributed by atoms with van der Waals surface area (Å²) in [5.41, 5.74) is 1.41. The lowest BCUT2D eigenvalue weighted by Gasteiger charge is -2.21. The van der Waals surface area contributed by atoms with E-state index in [4.69, 9.17) is 4.74 Å². The Hall–Kier alpha value is -1.23. The molecular formula is C13H17NO3S. The SMILES string of the molecule is CCSc1cc(C(=O)OC)c2n(c1=O)CCCC2. The minimum Gasteiger partial charge on any atom is -0.465 e. The Bertz CT molecular complexity index is 522. The first kappa shape index (κ1) is 13.2. The highest BCUT2D eigenvalue weighted by molar-refractivity contribution is 7.99. The normalized spacial score (nSPS) is 14.1. The highest BCUT2D eigenvalue weighted by Gasteiger charge is 2.22. The van der Waals surface area contributed by atoms with Gasteiger partial charge in [-0.3, -0.25) is 4.79 Å². The molecule has 0 unspecified atom stereocenters. The highest BCUT2D eigenvalue weighted by Crippen LogP contribution is 2.22. The number of pyridine rings is 1. The maximum atomic E-state index is 12.3. The van der Waals surface area contributed by atoms with Crippen LogP contribution >= 0.6 is 11.8 Å². The van der Waals surface area contributed by atoms with Crippen LogP contribution in [0.4, 0.5) is 0 Å². The first-order valence-corrected chi connectivity index (χ1v) is 7.15. The van der Waals surface area contributed by atoms with Gasteiger partial charge in [0.1, 0.15) is 0 Å². The van der Waals surface area contributed by atoms with Gasteiger partial charge in [-0.15, -0.1) is 11.8 Å². The Labute approximate surface area is 110 Å². The number of aromatic nitrogens is 1. The van der Waals surface area contributed by atoms with Crippen LogP contribution in [0.15, 0.2) is 15.8 Å². The summed E-state index contributed by atoms with van der Waals surface area (Å²) in [7, 11) is 1.37. The maximum absolute atomic E-state index is 12.3. The summed E-state index contributed by atoms with van der Waals surface area (Å²) in [6.45, 7) is 2.70. The molecule has 0 amide bonds. The second-order valence-electron chi connectivity index (χ2n) is 4.21. The number of rotatable bonds is 3. The van der Waals surface area contributed by atoms with Gasteiger partial charge in [0.05, 0.1) is 17.6 Å². The standard InChI is InChI=1S/C13H17NO3S/c1-3-18-11-8-9(13(16)17-2)10-6-4-5-7-14(10)12(11)15/h8H,3-7H2,1-2H3. The molecule has 0 atom stereocenters. The predicted octanol–water partition coefficient (Wildman–Crippen LogP) is 2.08. The van der Waals surface area contributed by atoms with Crippen molar-refractivity contribution in [1.29, 1.82) is 0 Å². The monoisotopic (exact) mass is 267 g/mol. The first-order chi connectivity index (χ1) is 8.69. The molecule has 0 bridgehead atoms. The summed E-state index contributed by atoms with van der Waals surface area (Å²) in [5.74, 6) is 0.466. The molecule has 2 heterocycles. The number of hydrogen-bond donors (Lipinski definition) is 0. The quantitative estimate of drug-likeness (QED) is 0.621. The van der Waals surface area contributed by atoms with Gasteiger partial charge in [0.25, 0.3) is 5.56 Å². The van der Waals surface area contributed by atoms with E-state index in [1.807, 2.05) is 6.92 Å². The molecule has 0 N–H and O–H groups in total. The van der Waals surface area contributed by atoms with E-state index >= 15 is 0 Å². The van der Waals surface area contributed by atoms with Crippen molar-refractivity contribution in [3.8, 4) is 0 Å². The molecule has 1 aromatic rings. The molecule has 4 nitrogen and oxygen atoms in total. The van der Waals surface area contributed by atoms with Gasteiger partial charge in [-0.05, 0) is 31.1 Å². The number of carbonyl (C=O) groups excluding carboxylic acids is 1. The van der Waals surface area contributed by atoms with Gasteiger partial charge in [-0.2, -0.15) is 0 Å². The molecule has 0 radical (unpaired) electrons. The van der Waals surface area contributed by atoms with Gasteiger partial charge >= 0.3 is 5.97 Å². The Morgan fingerprint density at radius 2 is 2.28 bits per heavy atom. The van der Waals surface area contributed by atoms with Crippen LogP contribution in [-0.2, 0) is 17.7 Å². The zero-order chi connectivity index (χ0) is 13.1. The fourth-order valence-corrected chi connectivity index (χ4v) is 3.04. The smallest absolute Gasteiger partial charge is 0.339 e. The number of fused-ring (bicyclic) bond motifs is 1. The van der Waals surface area contributed by atoms with E-state index in [1.165, 1.54) is 18.9 Å². The van der Waals surface area contributed by atoms with E-state index in [-0.39, 0.29) is 11.5 Å². The lowest BCUT2D eigenvalue weighted by Crippen LogP contribution is -2.30. The zero-order valence-electron chi connectivity index (χ0n) is 10.7. The minimum absolute atomic E-state index is 0.0317.